The van der Waals surface area contributed by atoms with Gasteiger partial charge < -0.3 is 5.32 Å². The summed E-state index contributed by atoms with van der Waals surface area (Å²) in [5, 5.41) is 4.09. The van der Waals surface area contributed by atoms with Crippen molar-refractivity contribution in [2.75, 3.05) is 18.4 Å². The van der Waals surface area contributed by atoms with Crippen LogP contribution in [0, 0.1) is 6.92 Å². The van der Waals surface area contributed by atoms with Crippen LogP contribution in [0.3, 0.4) is 0 Å². The molecule has 3 heterocycles. The van der Waals surface area contributed by atoms with Crippen LogP contribution in [0.15, 0.2) is 73.1 Å². The molecule has 1 N–H and O–H groups in total. The Bertz CT molecular complexity index is 1270. The lowest BCUT2D eigenvalue weighted by Crippen LogP contribution is -2.34. The fraction of sp³-hybridized carbons (Fsp3) is 0.259. The van der Waals surface area contributed by atoms with E-state index < -0.39 is 0 Å². The molecule has 6 heteroatoms. The van der Waals surface area contributed by atoms with Crippen LogP contribution in [-0.2, 0) is 6.54 Å². The molecule has 1 aliphatic rings. The van der Waals surface area contributed by atoms with Crippen LogP contribution in [-0.4, -0.2) is 38.8 Å². The Kier molecular flexibility index (Phi) is 6.09. The average Bonchev–Trinajstić information content (AvgIpc) is 2.84. The second kappa shape index (κ2) is 9.46. The van der Waals surface area contributed by atoms with Crippen LogP contribution in [0.1, 0.15) is 46.2 Å². The molecule has 1 amide bonds. The number of nitrogens with zero attached hydrogens (tertiary/aromatic N) is 4. The van der Waals surface area contributed by atoms with E-state index in [2.05, 4.69) is 44.5 Å². The van der Waals surface area contributed by atoms with Crippen molar-refractivity contribution >= 4 is 22.5 Å². The third kappa shape index (κ3) is 4.91. The lowest BCUT2D eigenvalue weighted by atomic mass is 9.96. The standard InChI is InChI=1S/C27H27N5O/c1-19-24(27(33)31-23-9-3-2-4-10-23)16-29-26(30-19)22-8-6-14-32(18-22)17-20-11-12-25-21(15-20)7-5-13-28-25/h2-5,7,9-13,15-16,22H,6,8,14,17-18H2,1H3,(H,31,33)/t22-/m1/s1. The fourth-order valence-electron chi connectivity index (χ4n) is 4.52. The first kappa shape index (κ1) is 21.2. The molecule has 6 nitrogen and oxygen atoms in total. The topological polar surface area (TPSA) is 71.0 Å². The van der Waals surface area contributed by atoms with Gasteiger partial charge in [0.1, 0.15) is 5.82 Å². The highest BCUT2D eigenvalue weighted by atomic mass is 16.1. The summed E-state index contributed by atoms with van der Waals surface area (Å²) in [4.78, 5) is 28.9. The van der Waals surface area contributed by atoms with Gasteiger partial charge in [-0.15, -0.1) is 0 Å². The molecule has 0 radical (unpaired) electrons. The first-order valence-electron chi connectivity index (χ1n) is 11.4. The van der Waals surface area contributed by atoms with Crippen molar-refractivity contribution in [1.29, 1.82) is 0 Å². The van der Waals surface area contributed by atoms with Crippen molar-refractivity contribution < 1.29 is 4.79 Å². The maximum absolute atomic E-state index is 12.7. The van der Waals surface area contributed by atoms with Gasteiger partial charge in [-0.05, 0) is 62.2 Å². The van der Waals surface area contributed by atoms with Gasteiger partial charge in [0.25, 0.3) is 5.91 Å². The highest BCUT2D eigenvalue weighted by Crippen LogP contribution is 2.26. The van der Waals surface area contributed by atoms with Crippen LogP contribution in [0.5, 0.6) is 0 Å². The van der Waals surface area contributed by atoms with E-state index in [4.69, 9.17) is 4.98 Å². The Balaban J connectivity index is 1.27. The van der Waals surface area contributed by atoms with E-state index >= 15 is 0 Å². The van der Waals surface area contributed by atoms with Crippen molar-refractivity contribution in [3.05, 3.63) is 95.7 Å². The first-order chi connectivity index (χ1) is 16.2. The van der Waals surface area contributed by atoms with E-state index in [0.29, 0.717) is 11.3 Å². The Morgan fingerprint density at radius 2 is 1.97 bits per heavy atom. The number of pyridine rings is 1. The largest absolute Gasteiger partial charge is 0.322 e. The van der Waals surface area contributed by atoms with Gasteiger partial charge in [0.15, 0.2) is 0 Å². The molecule has 33 heavy (non-hydrogen) atoms. The third-order valence-electron chi connectivity index (χ3n) is 6.22. The van der Waals surface area contributed by atoms with Gasteiger partial charge in [0.2, 0.25) is 0 Å². The average molecular weight is 438 g/mol. The second-order valence-corrected chi connectivity index (χ2v) is 8.65. The van der Waals surface area contributed by atoms with Crippen LogP contribution in [0.2, 0.25) is 0 Å². The zero-order chi connectivity index (χ0) is 22.6. The summed E-state index contributed by atoms with van der Waals surface area (Å²) in [5.74, 6) is 0.920. The number of carbonyl (C=O) groups is 1. The number of hydrogen-bond donors (Lipinski definition) is 1. The summed E-state index contributed by atoms with van der Waals surface area (Å²) in [7, 11) is 0. The van der Waals surface area contributed by atoms with Gasteiger partial charge in [0, 0.05) is 42.5 Å². The summed E-state index contributed by atoms with van der Waals surface area (Å²) in [6.45, 7) is 4.77. The molecule has 1 saturated heterocycles. The summed E-state index contributed by atoms with van der Waals surface area (Å²) in [6, 6.07) is 20.0. The zero-order valence-corrected chi connectivity index (χ0v) is 18.7. The lowest BCUT2D eigenvalue weighted by Gasteiger charge is -2.32. The van der Waals surface area contributed by atoms with E-state index in [1.54, 1.807) is 6.20 Å². The smallest absolute Gasteiger partial charge is 0.259 e. The van der Waals surface area contributed by atoms with Crippen molar-refractivity contribution in [1.82, 2.24) is 19.9 Å². The van der Waals surface area contributed by atoms with Crippen molar-refractivity contribution in [2.24, 2.45) is 0 Å². The number of aromatic nitrogens is 3. The Labute approximate surface area is 193 Å². The molecule has 2 aromatic carbocycles. The van der Waals surface area contributed by atoms with E-state index in [9.17, 15) is 4.79 Å². The number of fused-ring (bicyclic) bond motifs is 1. The normalized spacial score (nSPS) is 16.6. The van der Waals surface area contributed by atoms with E-state index in [-0.39, 0.29) is 11.8 Å². The number of aryl methyl sites for hydroxylation is 1. The van der Waals surface area contributed by atoms with E-state index in [1.165, 1.54) is 10.9 Å². The summed E-state index contributed by atoms with van der Waals surface area (Å²) in [5.41, 5.74) is 4.31. The number of nitrogens with one attached hydrogen (secondary N) is 1. The summed E-state index contributed by atoms with van der Waals surface area (Å²) < 4.78 is 0. The molecule has 0 spiro atoms. The number of rotatable bonds is 5. The molecule has 1 atom stereocenters. The van der Waals surface area contributed by atoms with Gasteiger partial charge in [-0.2, -0.15) is 0 Å². The predicted octanol–water partition coefficient (Wildman–Crippen LogP) is 4.97. The quantitative estimate of drug-likeness (QED) is 0.478. The molecule has 0 aliphatic carbocycles. The number of carbonyl (C=O) groups excluding carboxylic acids is 1. The molecule has 1 fully saturated rings. The molecule has 166 valence electrons. The molecular weight excluding hydrogens is 410 g/mol. The zero-order valence-electron chi connectivity index (χ0n) is 18.7. The maximum Gasteiger partial charge on any atom is 0.259 e. The number of para-hydroxylation sites is 1. The third-order valence-corrected chi connectivity index (χ3v) is 6.22. The summed E-state index contributed by atoms with van der Waals surface area (Å²) in [6.07, 6.45) is 5.67. The van der Waals surface area contributed by atoms with Gasteiger partial charge >= 0.3 is 0 Å². The number of anilines is 1. The molecule has 4 aromatic rings. The molecule has 2 aromatic heterocycles. The minimum absolute atomic E-state index is 0.179. The second-order valence-electron chi connectivity index (χ2n) is 8.65. The van der Waals surface area contributed by atoms with Gasteiger partial charge in [-0.25, -0.2) is 9.97 Å². The molecule has 0 bridgehead atoms. The Morgan fingerprint density at radius 3 is 2.82 bits per heavy atom. The number of benzene rings is 2. The number of likely N-dealkylation sites (tertiary alicyclic amines) is 1. The molecule has 0 saturated carbocycles. The molecule has 1 aliphatic heterocycles. The van der Waals surface area contributed by atoms with Crippen molar-refractivity contribution in [2.45, 2.75) is 32.2 Å². The lowest BCUT2D eigenvalue weighted by molar-refractivity contribution is 0.102. The van der Waals surface area contributed by atoms with Gasteiger partial charge in [-0.3, -0.25) is 14.7 Å². The highest BCUT2D eigenvalue weighted by Gasteiger charge is 2.24. The monoisotopic (exact) mass is 437 g/mol. The van der Waals surface area contributed by atoms with Crippen LogP contribution < -0.4 is 5.32 Å². The van der Waals surface area contributed by atoms with Crippen LogP contribution >= 0.6 is 0 Å². The number of amides is 1. The molecule has 5 rings (SSSR count). The number of piperidine rings is 1. The highest BCUT2D eigenvalue weighted by molar-refractivity contribution is 6.04. The van der Waals surface area contributed by atoms with Gasteiger partial charge in [-0.1, -0.05) is 30.3 Å². The Morgan fingerprint density at radius 1 is 1.09 bits per heavy atom. The van der Waals surface area contributed by atoms with E-state index in [0.717, 1.165) is 49.5 Å². The minimum atomic E-state index is -0.179. The van der Waals surface area contributed by atoms with E-state index in [1.807, 2.05) is 49.5 Å². The maximum atomic E-state index is 12.7. The minimum Gasteiger partial charge on any atom is -0.322 e. The number of hydrogen-bond acceptors (Lipinski definition) is 5. The van der Waals surface area contributed by atoms with Crippen molar-refractivity contribution in [3.8, 4) is 0 Å². The van der Waals surface area contributed by atoms with Crippen LogP contribution in [0.25, 0.3) is 10.9 Å². The fourth-order valence-corrected chi connectivity index (χ4v) is 4.52. The molecular formula is C27H27N5O. The molecule has 0 unspecified atom stereocenters. The van der Waals surface area contributed by atoms with Crippen LogP contribution in [0.4, 0.5) is 5.69 Å². The Hall–Kier alpha value is -3.64. The van der Waals surface area contributed by atoms with Crippen molar-refractivity contribution in [3.63, 3.8) is 0 Å². The SMILES string of the molecule is Cc1nc([C@@H]2CCCN(Cc3ccc4ncccc4c3)C2)ncc1C(=O)Nc1ccccc1. The summed E-state index contributed by atoms with van der Waals surface area (Å²) >= 11 is 0. The predicted molar refractivity (Wildman–Crippen MR) is 130 cm³/mol. The van der Waals surface area contributed by atoms with Gasteiger partial charge in [0.05, 0.1) is 16.8 Å². The first-order valence-corrected chi connectivity index (χ1v) is 11.4.